The second-order valence-electron chi connectivity index (χ2n) is 4.38. The summed E-state index contributed by atoms with van der Waals surface area (Å²) in [4.78, 5) is 10.9. The summed E-state index contributed by atoms with van der Waals surface area (Å²) in [5.41, 5.74) is 0. The van der Waals surface area contributed by atoms with E-state index < -0.39 is 0 Å². The Kier molecular flexibility index (Phi) is 6.42. The summed E-state index contributed by atoms with van der Waals surface area (Å²) < 4.78 is 9.91. The van der Waals surface area contributed by atoms with Crippen LogP contribution in [-0.4, -0.2) is 38.9 Å². The Morgan fingerprint density at radius 2 is 2.25 bits per heavy atom. The summed E-state index contributed by atoms with van der Waals surface area (Å²) in [6.07, 6.45) is 2.78. The topological polar surface area (TPSA) is 47.6 Å². The van der Waals surface area contributed by atoms with Crippen LogP contribution >= 0.6 is 0 Å². The number of carbonyl (C=O) groups excluding carboxylic acids is 1. The van der Waals surface area contributed by atoms with Crippen LogP contribution in [0.4, 0.5) is 0 Å². The molecule has 0 aromatic rings. The number of rotatable bonds is 9. The first-order valence-electron chi connectivity index (χ1n) is 6.18. The van der Waals surface area contributed by atoms with Crippen LogP contribution in [0, 0.1) is 11.8 Å². The summed E-state index contributed by atoms with van der Waals surface area (Å²) in [5, 5.41) is 3.34. The van der Waals surface area contributed by atoms with E-state index in [1.54, 1.807) is 6.92 Å². The zero-order valence-electron chi connectivity index (χ0n) is 10.3. The summed E-state index contributed by atoms with van der Waals surface area (Å²) in [6, 6.07) is 0. The van der Waals surface area contributed by atoms with Gasteiger partial charge in [-0.2, -0.15) is 0 Å². The van der Waals surface area contributed by atoms with E-state index in [9.17, 15) is 4.79 Å². The molecule has 1 saturated carbocycles. The van der Waals surface area contributed by atoms with Crippen LogP contribution < -0.4 is 5.32 Å². The first-order valence-corrected chi connectivity index (χ1v) is 6.18. The average Bonchev–Trinajstić information content (AvgIpc) is 3.06. The molecule has 0 heterocycles. The van der Waals surface area contributed by atoms with Gasteiger partial charge in [0.1, 0.15) is 6.61 Å². The van der Waals surface area contributed by atoms with Crippen LogP contribution in [0.5, 0.6) is 0 Å². The highest BCUT2D eigenvalue weighted by molar-refractivity contribution is 5.70. The molecule has 0 bridgehead atoms. The molecular weight excluding hydrogens is 206 g/mol. The Hall–Kier alpha value is -0.610. The minimum absolute atomic E-state index is 0.0632. The third kappa shape index (κ3) is 6.08. The fraction of sp³-hybridized carbons (Fsp3) is 0.917. The predicted octanol–water partition coefficient (Wildman–Crippen LogP) is 1.20. The third-order valence-corrected chi connectivity index (χ3v) is 2.84. The molecule has 1 aliphatic carbocycles. The SMILES string of the molecule is CCOC(=O)COCCNCC(C)C1CC1. The lowest BCUT2D eigenvalue weighted by molar-refractivity contribution is -0.148. The molecular formula is C12H23NO3. The molecule has 94 valence electrons. The Morgan fingerprint density at radius 1 is 1.50 bits per heavy atom. The van der Waals surface area contributed by atoms with Gasteiger partial charge in [-0.25, -0.2) is 4.79 Å². The second-order valence-corrected chi connectivity index (χ2v) is 4.38. The normalized spacial score (nSPS) is 17.1. The van der Waals surface area contributed by atoms with Crippen molar-refractivity contribution in [2.75, 3.05) is 32.9 Å². The van der Waals surface area contributed by atoms with Crippen molar-refractivity contribution < 1.29 is 14.3 Å². The highest BCUT2D eigenvalue weighted by atomic mass is 16.6. The Bertz CT molecular complexity index is 204. The molecule has 1 atom stereocenters. The number of ether oxygens (including phenoxy) is 2. The molecule has 0 spiro atoms. The molecule has 0 amide bonds. The van der Waals surface area contributed by atoms with Crippen LogP contribution in [0.3, 0.4) is 0 Å². The molecule has 16 heavy (non-hydrogen) atoms. The Morgan fingerprint density at radius 3 is 2.88 bits per heavy atom. The largest absolute Gasteiger partial charge is 0.464 e. The van der Waals surface area contributed by atoms with Crippen LogP contribution in [0.15, 0.2) is 0 Å². The van der Waals surface area contributed by atoms with E-state index in [0.717, 1.165) is 24.9 Å². The van der Waals surface area contributed by atoms with Crippen molar-refractivity contribution in [2.45, 2.75) is 26.7 Å². The van der Waals surface area contributed by atoms with Gasteiger partial charge in [0, 0.05) is 6.54 Å². The van der Waals surface area contributed by atoms with Gasteiger partial charge in [-0.1, -0.05) is 6.92 Å². The van der Waals surface area contributed by atoms with Crippen molar-refractivity contribution in [1.82, 2.24) is 5.32 Å². The minimum atomic E-state index is -0.283. The van der Waals surface area contributed by atoms with Crippen LogP contribution in [0.25, 0.3) is 0 Å². The number of hydrogen-bond donors (Lipinski definition) is 1. The van der Waals surface area contributed by atoms with Gasteiger partial charge in [0.15, 0.2) is 0 Å². The zero-order chi connectivity index (χ0) is 11.8. The van der Waals surface area contributed by atoms with Crippen molar-refractivity contribution in [3.63, 3.8) is 0 Å². The fourth-order valence-corrected chi connectivity index (χ4v) is 1.66. The lowest BCUT2D eigenvalue weighted by Gasteiger charge is -2.11. The van der Waals surface area contributed by atoms with Crippen molar-refractivity contribution in [2.24, 2.45) is 11.8 Å². The maximum atomic E-state index is 10.9. The first kappa shape index (κ1) is 13.5. The smallest absolute Gasteiger partial charge is 0.332 e. The first-order chi connectivity index (χ1) is 7.74. The molecule has 0 aliphatic heterocycles. The van der Waals surface area contributed by atoms with Crippen LogP contribution in [-0.2, 0) is 14.3 Å². The summed E-state index contributed by atoms with van der Waals surface area (Å²) in [6.45, 7) is 6.97. The Balaban J connectivity index is 1.82. The zero-order valence-corrected chi connectivity index (χ0v) is 10.3. The number of nitrogens with one attached hydrogen (secondary N) is 1. The average molecular weight is 229 g/mol. The highest BCUT2D eigenvalue weighted by Crippen LogP contribution is 2.35. The Labute approximate surface area is 97.7 Å². The van der Waals surface area contributed by atoms with Gasteiger partial charge in [0.25, 0.3) is 0 Å². The molecule has 1 unspecified atom stereocenters. The van der Waals surface area contributed by atoms with E-state index >= 15 is 0 Å². The number of esters is 1. The third-order valence-electron chi connectivity index (χ3n) is 2.84. The van der Waals surface area contributed by atoms with Gasteiger partial charge in [-0.05, 0) is 38.1 Å². The van der Waals surface area contributed by atoms with Crippen molar-refractivity contribution in [3.8, 4) is 0 Å². The molecule has 0 radical (unpaired) electrons. The van der Waals surface area contributed by atoms with Gasteiger partial charge >= 0.3 is 5.97 Å². The van der Waals surface area contributed by atoms with E-state index in [2.05, 4.69) is 12.2 Å². The maximum Gasteiger partial charge on any atom is 0.332 e. The van der Waals surface area contributed by atoms with Crippen LogP contribution in [0.2, 0.25) is 0 Å². The van der Waals surface area contributed by atoms with E-state index in [1.165, 1.54) is 12.8 Å². The van der Waals surface area contributed by atoms with E-state index in [4.69, 9.17) is 9.47 Å². The number of carbonyl (C=O) groups is 1. The second kappa shape index (κ2) is 7.63. The lowest BCUT2D eigenvalue weighted by Crippen LogP contribution is -2.27. The summed E-state index contributed by atoms with van der Waals surface area (Å²) >= 11 is 0. The van der Waals surface area contributed by atoms with E-state index in [0.29, 0.717) is 13.2 Å². The van der Waals surface area contributed by atoms with Gasteiger partial charge in [0.2, 0.25) is 0 Å². The molecule has 1 rings (SSSR count). The maximum absolute atomic E-state index is 10.9. The molecule has 0 aromatic heterocycles. The van der Waals surface area contributed by atoms with Crippen LogP contribution in [0.1, 0.15) is 26.7 Å². The standard InChI is InChI=1S/C12H23NO3/c1-3-16-12(14)9-15-7-6-13-8-10(2)11-4-5-11/h10-11,13H,3-9H2,1-2H3. The van der Waals surface area contributed by atoms with Gasteiger partial charge in [-0.15, -0.1) is 0 Å². The lowest BCUT2D eigenvalue weighted by atomic mass is 10.1. The van der Waals surface area contributed by atoms with E-state index in [1.807, 2.05) is 0 Å². The van der Waals surface area contributed by atoms with Gasteiger partial charge in [0.05, 0.1) is 13.2 Å². The molecule has 4 heteroatoms. The molecule has 0 aromatic carbocycles. The summed E-state index contributed by atoms with van der Waals surface area (Å²) in [7, 11) is 0. The fourth-order valence-electron chi connectivity index (χ4n) is 1.66. The minimum Gasteiger partial charge on any atom is -0.464 e. The van der Waals surface area contributed by atoms with Gasteiger partial charge in [-0.3, -0.25) is 0 Å². The predicted molar refractivity (Wildman–Crippen MR) is 62.2 cm³/mol. The molecule has 4 nitrogen and oxygen atoms in total. The quantitative estimate of drug-likeness (QED) is 0.477. The molecule has 1 N–H and O–H groups in total. The van der Waals surface area contributed by atoms with E-state index in [-0.39, 0.29) is 12.6 Å². The van der Waals surface area contributed by atoms with Crippen molar-refractivity contribution in [3.05, 3.63) is 0 Å². The monoisotopic (exact) mass is 229 g/mol. The van der Waals surface area contributed by atoms with Gasteiger partial charge < -0.3 is 14.8 Å². The highest BCUT2D eigenvalue weighted by Gasteiger charge is 2.27. The molecule has 0 saturated heterocycles. The summed E-state index contributed by atoms with van der Waals surface area (Å²) in [5.74, 6) is 1.42. The van der Waals surface area contributed by atoms with Crippen molar-refractivity contribution >= 4 is 5.97 Å². The van der Waals surface area contributed by atoms with Crippen molar-refractivity contribution in [1.29, 1.82) is 0 Å². The molecule has 1 fully saturated rings. The molecule has 1 aliphatic rings. The number of hydrogen-bond acceptors (Lipinski definition) is 4.